The molecule has 0 radical (unpaired) electrons. The number of ether oxygens (including phenoxy) is 2. The van der Waals surface area contributed by atoms with Crippen LogP contribution in [0.2, 0.25) is 0 Å². The molecule has 0 saturated carbocycles. The number of fused-ring (bicyclic) bond motifs is 1. The lowest BCUT2D eigenvalue weighted by atomic mass is 10.0. The van der Waals surface area contributed by atoms with E-state index >= 15 is 0 Å². The molecule has 5 aromatic rings. The summed E-state index contributed by atoms with van der Waals surface area (Å²) in [5.41, 5.74) is 1.52. The summed E-state index contributed by atoms with van der Waals surface area (Å²) in [5.74, 6) is -0.923. The first-order valence-electron chi connectivity index (χ1n) is 13.9. The van der Waals surface area contributed by atoms with Crippen LogP contribution in [0.25, 0.3) is 10.8 Å². The third kappa shape index (κ3) is 7.39. The van der Waals surface area contributed by atoms with Gasteiger partial charge in [0.25, 0.3) is 11.1 Å². The number of hydrogen-bond donors (Lipinski definition) is 2. The smallest absolute Gasteiger partial charge is 0.316 e. The number of nitrogens with one attached hydrogen (secondary N) is 1. The van der Waals surface area contributed by atoms with Gasteiger partial charge in [-0.1, -0.05) is 67.2 Å². The van der Waals surface area contributed by atoms with Gasteiger partial charge >= 0.3 is 11.7 Å². The van der Waals surface area contributed by atoms with Crippen LogP contribution >= 0.6 is 11.8 Å². The first-order chi connectivity index (χ1) is 21.7. The largest absolute Gasteiger partial charge is 0.506 e. The summed E-state index contributed by atoms with van der Waals surface area (Å²) >= 11 is 1.04. The van der Waals surface area contributed by atoms with Crippen LogP contribution in [0.4, 0.5) is 11.4 Å². The monoisotopic (exact) mass is 628 g/mol. The molecule has 0 unspecified atom stereocenters. The Hall–Kier alpha value is -5.43. The van der Waals surface area contributed by atoms with E-state index in [2.05, 4.69) is 15.5 Å². The van der Waals surface area contributed by atoms with Crippen LogP contribution < -0.4 is 10.1 Å². The maximum absolute atomic E-state index is 13.3. The summed E-state index contributed by atoms with van der Waals surface area (Å²) in [5, 5.41) is 34.7. The molecule has 0 aliphatic carbocycles. The first kappa shape index (κ1) is 31.0. The van der Waals surface area contributed by atoms with E-state index in [4.69, 9.17) is 13.9 Å². The van der Waals surface area contributed by atoms with Gasteiger partial charge in [0.2, 0.25) is 11.6 Å². The van der Waals surface area contributed by atoms with Crippen LogP contribution in [0.1, 0.15) is 40.7 Å². The minimum absolute atomic E-state index is 0.0142. The predicted octanol–water partition coefficient (Wildman–Crippen LogP) is 6.83. The molecule has 5 rings (SSSR count). The van der Waals surface area contributed by atoms with Gasteiger partial charge in [-0.3, -0.25) is 19.7 Å². The second-order valence-electron chi connectivity index (χ2n) is 9.89. The van der Waals surface area contributed by atoms with Gasteiger partial charge in [-0.2, -0.15) is 0 Å². The molecular formula is C32H28N4O8S. The normalized spacial score (nSPS) is 10.9. The van der Waals surface area contributed by atoms with E-state index in [1.807, 2.05) is 26.0 Å². The van der Waals surface area contributed by atoms with Gasteiger partial charge < -0.3 is 24.3 Å². The number of nitro benzene ring substituents is 1. The highest BCUT2D eigenvalue weighted by Crippen LogP contribution is 2.41. The zero-order valence-corrected chi connectivity index (χ0v) is 25.1. The Morgan fingerprint density at radius 2 is 1.78 bits per heavy atom. The molecule has 2 N–H and O–H groups in total. The van der Waals surface area contributed by atoms with Crippen molar-refractivity contribution in [1.29, 1.82) is 0 Å². The van der Waals surface area contributed by atoms with Crippen LogP contribution in [0.3, 0.4) is 0 Å². The number of aromatic nitrogens is 2. The van der Waals surface area contributed by atoms with Crippen LogP contribution in [0.5, 0.6) is 17.2 Å². The first-order valence-corrected chi connectivity index (χ1v) is 14.9. The van der Waals surface area contributed by atoms with Crippen LogP contribution in [0.15, 0.2) is 82.4 Å². The fourth-order valence-corrected chi connectivity index (χ4v) is 5.01. The number of carbonyl (C=O) groups is 2. The van der Waals surface area contributed by atoms with Crippen molar-refractivity contribution < 1.29 is 33.5 Å². The van der Waals surface area contributed by atoms with Crippen LogP contribution in [-0.4, -0.2) is 44.5 Å². The van der Waals surface area contributed by atoms with Gasteiger partial charge in [0.1, 0.15) is 17.3 Å². The summed E-state index contributed by atoms with van der Waals surface area (Å²) < 4.78 is 16.7. The number of nitrogens with zero attached hydrogens (tertiary/aromatic N) is 3. The van der Waals surface area contributed by atoms with Crippen molar-refractivity contribution in [2.45, 2.75) is 31.9 Å². The molecule has 0 saturated heterocycles. The molecular weight excluding hydrogens is 600 g/mol. The van der Waals surface area contributed by atoms with Gasteiger partial charge in [0.05, 0.1) is 23.5 Å². The number of hydrogen-bond acceptors (Lipinski definition) is 11. The van der Waals surface area contributed by atoms with Crippen LogP contribution in [-0.2, 0) is 16.0 Å². The van der Waals surface area contributed by atoms with E-state index in [9.17, 15) is 24.8 Å². The van der Waals surface area contributed by atoms with Crippen molar-refractivity contribution in [2.24, 2.45) is 0 Å². The number of amides is 1. The minimum Gasteiger partial charge on any atom is -0.506 e. The van der Waals surface area contributed by atoms with Crippen molar-refractivity contribution in [2.75, 3.05) is 17.7 Å². The number of nitro groups is 1. The topological polar surface area (TPSA) is 167 Å². The Bertz CT molecular complexity index is 1890. The van der Waals surface area contributed by atoms with Gasteiger partial charge in [-0.15, -0.1) is 10.2 Å². The van der Waals surface area contributed by atoms with E-state index in [1.54, 1.807) is 42.5 Å². The van der Waals surface area contributed by atoms with E-state index in [-0.39, 0.29) is 51.8 Å². The van der Waals surface area contributed by atoms with Gasteiger partial charge in [0, 0.05) is 22.5 Å². The minimum atomic E-state index is -0.579. The quantitative estimate of drug-likeness (QED) is 0.0643. The van der Waals surface area contributed by atoms with Gasteiger partial charge in [-0.05, 0) is 42.7 Å². The summed E-state index contributed by atoms with van der Waals surface area (Å²) in [6.45, 7) is 4.07. The lowest BCUT2D eigenvalue weighted by Crippen LogP contribution is -2.13. The number of aryl methyl sites for hydroxylation is 1. The van der Waals surface area contributed by atoms with Crippen LogP contribution in [0, 0.1) is 17.0 Å². The van der Waals surface area contributed by atoms with E-state index in [1.165, 1.54) is 18.2 Å². The Labute approximate surface area is 261 Å². The fraction of sp³-hybridized carbons (Fsp3) is 0.188. The molecule has 230 valence electrons. The maximum Gasteiger partial charge on any atom is 0.316 e. The molecule has 0 bridgehead atoms. The Balaban J connectivity index is 1.39. The molecule has 0 spiro atoms. The predicted molar refractivity (Wildman–Crippen MR) is 167 cm³/mol. The molecule has 1 amide bonds. The van der Waals surface area contributed by atoms with Gasteiger partial charge in [-0.25, -0.2) is 0 Å². The molecule has 0 aliphatic heterocycles. The number of carbonyl (C=O) groups excluding carboxylic acids is 2. The second-order valence-corrected chi connectivity index (χ2v) is 10.8. The number of thioether (sulfide) groups is 1. The molecule has 13 heteroatoms. The number of benzene rings is 4. The number of anilines is 1. The summed E-state index contributed by atoms with van der Waals surface area (Å²) in [4.78, 5) is 36.5. The zero-order chi connectivity index (χ0) is 31.9. The van der Waals surface area contributed by atoms with Gasteiger partial charge in [0.15, 0.2) is 0 Å². The van der Waals surface area contributed by atoms with E-state index in [0.29, 0.717) is 28.6 Å². The Kier molecular flexibility index (Phi) is 9.58. The highest BCUT2D eigenvalue weighted by atomic mass is 32.2. The molecule has 4 aromatic carbocycles. The molecule has 0 aliphatic rings. The molecule has 12 nitrogen and oxygen atoms in total. The van der Waals surface area contributed by atoms with Crippen molar-refractivity contribution in [1.82, 2.24) is 10.2 Å². The third-order valence-corrected chi connectivity index (χ3v) is 7.43. The SMILES string of the molecule is CCCOC(=O)CSc1nnc(Cc2ccc(Oc3cc(C(=O)Nc4ccccc4C)c(O)c4ccccc34)c([N+](=O)[O-])c2)o1. The molecule has 0 atom stereocenters. The third-order valence-electron chi connectivity index (χ3n) is 6.64. The number of aromatic hydroxyl groups is 1. The highest BCUT2D eigenvalue weighted by Gasteiger charge is 2.23. The second kappa shape index (κ2) is 13.9. The van der Waals surface area contributed by atoms with Crippen molar-refractivity contribution in [3.8, 4) is 17.2 Å². The van der Waals surface area contributed by atoms with Crippen molar-refractivity contribution in [3.05, 3.63) is 105 Å². The number of rotatable bonds is 12. The van der Waals surface area contributed by atoms with E-state index in [0.717, 1.165) is 23.7 Å². The zero-order valence-electron chi connectivity index (χ0n) is 24.3. The fourth-order valence-electron chi connectivity index (χ4n) is 4.43. The number of para-hydroxylation sites is 1. The Morgan fingerprint density at radius 3 is 2.53 bits per heavy atom. The lowest BCUT2D eigenvalue weighted by Gasteiger charge is -2.15. The standard InChI is InChI=1S/C32H28N4O8S/c1-3-14-42-29(37)18-45-32-35-34-28(44-32)16-20-12-13-26(25(15-20)36(40)41)43-27-17-23(30(38)22-10-6-5-9-21(22)27)31(39)33-24-11-7-4-8-19(24)2/h4-13,15,17,38H,3,14,16,18H2,1-2H3,(H,33,39). The lowest BCUT2D eigenvalue weighted by molar-refractivity contribution is -0.385. The average molecular weight is 629 g/mol. The number of phenols is 1. The van der Waals surface area contributed by atoms with Crippen molar-refractivity contribution in [3.63, 3.8) is 0 Å². The molecule has 0 fully saturated rings. The summed E-state index contributed by atoms with van der Waals surface area (Å²) in [6, 6.07) is 19.7. The average Bonchev–Trinajstić information content (AvgIpc) is 3.49. The number of phenolic OH excluding ortho intramolecular Hbond substituents is 1. The van der Waals surface area contributed by atoms with E-state index < -0.39 is 16.8 Å². The molecule has 1 aromatic heterocycles. The molecule has 45 heavy (non-hydrogen) atoms. The summed E-state index contributed by atoms with van der Waals surface area (Å²) in [7, 11) is 0. The Morgan fingerprint density at radius 1 is 1.02 bits per heavy atom. The summed E-state index contributed by atoms with van der Waals surface area (Å²) in [6.07, 6.45) is 0.815. The maximum atomic E-state index is 13.3. The highest BCUT2D eigenvalue weighted by molar-refractivity contribution is 7.99. The molecule has 1 heterocycles. The van der Waals surface area contributed by atoms with Crippen molar-refractivity contribution >= 4 is 45.8 Å². The number of esters is 1.